The molecule has 1 N–H and O–H groups in total. The number of aryl methyl sites for hydroxylation is 1. The quantitative estimate of drug-likeness (QED) is 0.441. The molecule has 8 nitrogen and oxygen atoms in total. The number of amides is 2. The van der Waals surface area contributed by atoms with E-state index in [4.69, 9.17) is 4.74 Å². The lowest BCUT2D eigenvalue weighted by Crippen LogP contribution is -2.34. The normalized spacial score (nSPS) is 16.8. The zero-order valence-electron chi connectivity index (χ0n) is 22.2. The Kier molecular flexibility index (Phi) is 5.45. The van der Waals surface area contributed by atoms with Crippen LogP contribution < -0.4 is 15.6 Å². The fraction of sp³-hybridized carbons (Fsp3) is 0.300. The van der Waals surface area contributed by atoms with Gasteiger partial charge >= 0.3 is 0 Å². The molecule has 1 atom stereocenters. The van der Waals surface area contributed by atoms with Crippen molar-refractivity contribution < 1.29 is 14.3 Å². The fourth-order valence-corrected chi connectivity index (χ4v) is 5.94. The first-order valence-corrected chi connectivity index (χ1v) is 12.8. The standard InChI is InChI=1S/C30H30N4O4/c1-16(2)13-33-14-21-26(20-11-18-9-10-19(38-5)12-25(18)32(4)29(20)36)28-23(15-34(17(3)35)30(28)37)31-22-7-6-8-24(33)27(21)22/h6-12,14,16,26,31H,13,15H2,1-5H3/t26-/m0/s1. The molecular weight excluding hydrogens is 480 g/mol. The van der Waals surface area contributed by atoms with Gasteiger partial charge in [-0.25, -0.2) is 0 Å². The minimum Gasteiger partial charge on any atom is -0.497 e. The van der Waals surface area contributed by atoms with E-state index in [0.717, 1.165) is 39.6 Å². The Morgan fingerprint density at radius 1 is 1.11 bits per heavy atom. The number of carbonyl (C=O) groups excluding carboxylic acids is 2. The zero-order chi connectivity index (χ0) is 26.9. The van der Waals surface area contributed by atoms with E-state index in [1.54, 1.807) is 18.7 Å². The number of anilines is 1. The number of fused-ring (bicyclic) bond motifs is 1. The van der Waals surface area contributed by atoms with Crippen LogP contribution in [0.2, 0.25) is 0 Å². The van der Waals surface area contributed by atoms with E-state index in [2.05, 4.69) is 36.0 Å². The van der Waals surface area contributed by atoms with Gasteiger partial charge in [0.05, 0.1) is 30.3 Å². The van der Waals surface area contributed by atoms with Crippen molar-refractivity contribution in [1.82, 2.24) is 14.0 Å². The predicted octanol–water partition coefficient (Wildman–Crippen LogP) is 4.36. The van der Waals surface area contributed by atoms with Gasteiger partial charge in [0.1, 0.15) is 5.75 Å². The highest BCUT2D eigenvalue weighted by Gasteiger charge is 2.42. The highest BCUT2D eigenvalue weighted by Crippen LogP contribution is 2.46. The summed E-state index contributed by atoms with van der Waals surface area (Å²) in [6.07, 6.45) is 2.08. The van der Waals surface area contributed by atoms with Crippen LogP contribution in [0, 0.1) is 5.92 Å². The van der Waals surface area contributed by atoms with Gasteiger partial charge in [-0.2, -0.15) is 0 Å². The molecule has 0 saturated carbocycles. The number of aromatic nitrogens is 2. The minimum absolute atomic E-state index is 0.151. The summed E-state index contributed by atoms with van der Waals surface area (Å²) in [5.74, 6) is -0.263. The van der Waals surface area contributed by atoms with Gasteiger partial charge < -0.3 is 19.2 Å². The Morgan fingerprint density at radius 3 is 2.61 bits per heavy atom. The summed E-state index contributed by atoms with van der Waals surface area (Å²) in [5, 5.41) is 5.34. The van der Waals surface area contributed by atoms with E-state index in [1.165, 1.54) is 11.8 Å². The number of imide groups is 1. The first kappa shape index (κ1) is 24.0. The molecule has 2 amide bonds. The molecule has 0 bridgehead atoms. The SMILES string of the molecule is COc1ccc2cc([C@@H]3C4=C(CN(C(C)=O)C4=O)Nc4cccc5c4c3cn5CC(C)C)c(=O)n(C)c2c1. The lowest BCUT2D eigenvalue weighted by atomic mass is 9.84. The maximum atomic E-state index is 14.0. The molecular formula is C30H30N4O4. The van der Waals surface area contributed by atoms with Crippen LogP contribution in [0.4, 0.5) is 5.69 Å². The van der Waals surface area contributed by atoms with Crippen LogP contribution in [0.15, 0.2) is 64.7 Å². The van der Waals surface area contributed by atoms with Crippen molar-refractivity contribution in [1.29, 1.82) is 0 Å². The van der Waals surface area contributed by atoms with Crippen LogP contribution in [0.25, 0.3) is 21.8 Å². The summed E-state index contributed by atoms with van der Waals surface area (Å²) in [5.41, 5.74) is 4.96. The number of carbonyl (C=O) groups is 2. The van der Waals surface area contributed by atoms with Crippen LogP contribution in [0.3, 0.4) is 0 Å². The fourth-order valence-electron chi connectivity index (χ4n) is 5.94. The summed E-state index contributed by atoms with van der Waals surface area (Å²) >= 11 is 0. The number of nitrogens with zero attached hydrogens (tertiary/aromatic N) is 3. The smallest absolute Gasteiger partial charge is 0.259 e. The molecule has 0 fully saturated rings. The molecule has 0 saturated heterocycles. The topological polar surface area (TPSA) is 85.6 Å². The van der Waals surface area contributed by atoms with Crippen LogP contribution in [-0.4, -0.2) is 39.5 Å². The number of rotatable bonds is 4. The van der Waals surface area contributed by atoms with Crippen molar-refractivity contribution in [2.75, 3.05) is 19.0 Å². The number of hydrogen-bond donors (Lipinski definition) is 1. The molecule has 2 aromatic carbocycles. The van der Waals surface area contributed by atoms with E-state index in [0.29, 0.717) is 28.5 Å². The number of benzene rings is 2. The second kappa shape index (κ2) is 8.62. The average Bonchev–Trinajstić information content (AvgIpc) is 3.36. The molecule has 2 aromatic heterocycles. The second-order valence-corrected chi connectivity index (χ2v) is 10.6. The molecule has 2 aliphatic heterocycles. The summed E-state index contributed by atoms with van der Waals surface area (Å²) in [4.78, 5) is 41.5. The Hall–Kier alpha value is -4.33. The monoisotopic (exact) mass is 510 g/mol. The molecule has 0 unspecified atom stereocenters. The first-order valence-electron chi connectivity index (χ1n) is 12.8. The van der Waals surface area contributed by atoms with Crippen LogP contribution >= 0.6 is 0 Å². The molecule has 0 aliphatic carbocycles. The van der Waals surface area contributed by atoms with E-state index < -0.39 is 5.92 Å². The molecule has 2 aliphatic rings. The number of pyridine rings is 1. The molecule has 8 heteroatoms. The molecule has 6 rings (SSSR count). The summed E-state index contributed by atoms with van der Waals surface area (Å²) in [6, 6.07) is 13.6. The number of methoxy groups -OCH3 is 1. The maximum Gasteiger partial charge on any atom is 0.259 e. The van der Waals surface area contributed by atoms with Crippen LogP contribution in [-0.2, 0) is 23.2 Å². The van der Waals surface area contributed by atoms with Gasteiger partial charge in [-0.15, -0.1) is 0 Å². The predicted molar refractivity (Wildman–Crippen MR) is 147 cm³/mol. The van der Waals surface area contributed by atoms with Crippen molar-refractivity contribution in [3.05, 3.63) is 81.4 Å². The third kappa shape index (κ3) is 3.47. The highest BCUT2D eigenvalue weighted by molar-refractivity contribution is 6.11. The molecule has 194 valence electrons. The Labute approximate surface area is 220 Å². The molecule has 38 heavy (non-hydrogen) atoms. The van der Waals surface area contributed by atoms with E-state index in [-0.39, 0.29) is 23.9 Å². The lowest BCUT2D eigenvalue weighted by molar-refractivity contribution is -0.139. The van der Waals surface area contributed by atoms with Crippen molar-refractivity contribution >= 4 is 39.3 Å². The largest absolute Gasteiger partial charge is 0.497 e. The van der Waals surface area contributed by atoms with Gasteiger partial charge in [-0.1, -0.05) is 19.9 Å². The van der Waals surface area contributed by atoms with Gasteiger partial charge in [-0.3, -0.25) is 19.3 Å². The van der Waals surface area contributed by atoms with Crippen LogP contribution in [0.1, 0.15) is 37.8 Å². The van der Waals surface area contributed by atoms with Gasteiger partial charge in [0.15, 0.2) is 0 Å². The van der Waals surface area contributed by atoms with Gasteiger partial charge in [0.25, 0.3) is 11.5 Å². The Bertz CT molecular complexity index is 1760. The number of nitrogens with one attached hydrogen (secondary N) is 1. The number of ether oxygens (including phenoxy) is 1. The maximum absolute atomic E-state index is 14.0. The first-order chi connectivity index (χ1) is 18.2. The number of hydrogen-bond acceptors (Lipinski definition) is 5. The summed E-state index contributed by atoms with van der Waals surface area (Å²) < 4.78 is 9.20. The van der Waals surface area contributed by atoms with Gasteiger partial charge in [0.2, 0.25) is 5.91 Å². The minimum atomic E-state index is -0.640. The Morgan fingerprint density at radius 2 is 1.89 bits per heavy atom. The third-order valence-electron chi connectivity index (χ3n) is 7.65. The Balaban J connectivity index is 1.68. The van der Waals surface area contributed by atoms with Crippen molar-refractivity contribution in [2.45, 2.75) is 33.2 Å². The molecule has 4 heterocycles. The second-order valence-electron chi connectivity index (χ2n) is 10.6. The van der Waals surface area contributed by atoms with E-state index in [1.807, 2.05) is 36.4 Å². The zero-order valence-corrected chi connectivity index (χ0v) is 22.2. The molecule has 0 radical (unpaired) electrons. The van der Waals surface area contributed by atoms with Gasteiger partial charge in [0, 0.05) is 61.0 Å². The van der Waals surface area contributed by atoms with Crippen LogP contribution in [0.5, 0.6) is 5.75 Å². The van der Waals surface area contributed by atoms with E-state index >= 15 is 0 Å². The molecule has 4 aromatic rings. The lowest BCUT2D eigenvalue weighted by Gasteiger charge is -2.20. The summed E-state index contributed by atoms with van der Waals surface area (Å²) in [7, 11) is 3.33. The average molecular weight is 511 g/mol. The third-order valence-corrected chi connectivity index (χ3v) is 7.65. The van der Waals surface area contributed by atoms with Crippen molar-refractivity contribution in [3.63, 3.8) is 0 Å². The van der Waals surface area contributed by atoms with Crippen molar-refractivity contribution in [3.8, 4) is 5.75 Å². The van der Waals surface area contributed by atoms with Gasteiger partial charge in [-0.05, 0) is 47.2 Å². The van der Waals surface area contributed by atoms with Crippen molar-refractivity contribution in [2.24, 2.45) is 13.0 Å². The summed E-state index contributed by atoms with van der Waals surface area (Å²) in [6.45, 7) is 6.67. The van der Waals surface area contributed by atoms with E-state index in [9.17, 15) is 14.4 Å². The highest BCUT2D eigenvalue weighted by atomic mass is 16.5. The molecule has 0 spiro atoms.